The molecule has 0 amide bonds. The zero-order chi connectivity index (χ0) is 19.9. The summed E-state index contributed by atoms with van der Waals surface area (Å²) in [6, 6.07) is 18.4. The summed E-state index contributed by atoms with van der Waals surface area (Å²) in [6.07, 6.45) is 1.80. The van der Waals surface area contributed by atoms with Crippen LogP contribution >= 0.6 is 0 Å². The summed E-state index contributed by atoms with van der Waals surface area (Å²) >= 11 is 0. The lowest BCUT2D eigenvalue weighted by molar-refractivity contribution is 0.398. The molecule has 0 aliphatic rings. The number of benzene rings is 2. The number of nitrogens with one attached hydrogen (secondary N) is 1. The number of nitrogens with zero attached hydrogens (tertiary/aromatic N) is 1. The van der Waals surface area contributed by atoms with Crippen molar-refractivity contribution < 1.29 is 14.2 Å². The SMILES string of the molecule is COc1cccc([C@@H](C)NCc2ccc(OC)c(-c3ccc(OC)nc3)c2)c1. The van der Waals surface area contributed by atoms with Crippen LogP contribution in [0.4, 0.5) is 0 Å². The van der Waals surface area contributed by atoms with Crippen LogP contribution in [0.1, 0.15) is 24.1 Å². The van der Waals surface area contributed by atoms with Crippen molar-refractivity contribution in [2.24, 2.45) is 0 Å². The molecule has 0 radical (unpaired) electrons. The van der Waals surface area contributed by atoms with E-state index < -0.39 is 0 Å². The fourth-order valence-electron chi connectivity index (χ4n) is 3.05. The van der Waals surface area contributed by atoms with Gasteiger partial charge in [-0.1, -0.05) is 18.2 Å². The second kappa shape index (κ2) is 9.24. The Kier molecular flexibility index (Phi) is 6.50. The highest BCUT2D eigenvalue weighted by atomic mass is 16.5. The second-order valence-electron chi connectivity index (χ2n) is 6.50. The Hall–Kier alpha value is -3.05. The zero-order valence-corrected chi connectivity index (χ0v) is 16.7. The van der Waals surface area contributed by atoms with Crippen LogP contribution in [0.25, 0.3) is 11.1 Å². The molecule has 5 nitrogen and oxygen atoms in total. The van der Waals surface area contributed by atoms with Crippen LogP contribution < -0.4 is 19.5 Å². The molecule has 1 aromatic heterocycles. The fourth-order valence-corrected chi connectivity index (χ4v) is 3.05. The number of aromatic nitrogens is 1. The Morgan fingerprint density at radius 3 is 2.46 bits per heavy atom. The molecular formula is C23H26N2O3. The predicted molar refractivity (Wildman–Crippen MR) is 111 cm³/mol. The van der Waals surface area contributed by atoms with Gasteiger partial charge in [-0.15, -0.1) is 0 Å². The molecule has 0 spiro atoms. The highest BCUT2D eigenvalue weighted by Crippen LogP contribution is 2.31. The molecule has 1 heterocycles. The Balaban J connectivity index is 1.77. The van der Waals surface area contributed by atoms with Gasteiger partial charge in [-0.05, 0) is 48.4 Å². The molecule has 1 atom stereocenters. The molecule has 0 saturated heterocycles. The smallest absolute Gasteiger partial charge is 0.212 e. The first-order valence-electron chi connectivity index (χ1n) is 9.19. The van der Waals surface area contributed by atoms with Gasteiger partial charge in [-0.25, -0.2) is 4.98 Å². The normalized spacial score (nSPS) is 11.7. The van der Waals surface area contributed by atoms with E-state index in [0.717, 1.165) is 29.2 Å². The quantitative estimate of drug-likeness (QED) is 0.620. The monoisotopic (exact) mass is 378 g/mol. The molecule has 2 aromatic carbocycles. The maximum absolute atomic E-state index is 5.54. The third-order valence-electron chi connectivity index (χ3n) is 4.73. The number of hydrogen-bond donors (Lipinski definition) is 1. The summed E-state index contributed by atoms with van der Waals surface area (Å²) in [5.74, 6) is 2.27. The number of methoxy groups -OCH3 is 3. The Morgan fingerprint density at radius 2 is 1.79 bits per heavy atom. The van der Waals surface area contributed by atoms with Gasteiger partial charge in [0, 0.05) is 36.0 Å². The molecular weight excluding hydrogens is 352 g/mol. The summed E-state index contributed by atoms with van der Waals surface area (Å²) in [4.78, 5) is 4.30. The van der Waals surface area contributed by atoms with Gasteiger partial charge in [0.2, 0.25) is 5.88 Å². The van der Waals surface area contributed by atoms with Crippen molar-refractivity contribution in [2.75, 3.05) is 21.3 Å². The molecule has 0 bridgehead atoms. The van der Waals surface area contributed by atoms with Crippen LogP contribution in [0.2, 0.25) is 0 Å². The van der Waals surface area contributed by atoms with E-state index >= 15 is 0 Å². The second-order valence-corrected chi connectivity index (χ2v) is 6.50. The van der Waals surface area contributed by atoms with Gasteiger partial charge in [-0.3, -0.25) is 0 Å². The van der Waals surface area contributed by atoms with E-state index in [0.29, 0.717) is 5.88 Å². The third-order valence-corrected chi connectivity index (χ3v) is 4.73. The summed E-state index contributed by atoms with van der Waals surface area (Å²) in [5.41, 5.74) is 4.35. The molecule has 0 fully saturated rings. The lowest BCUT2D eigenvalue weighted by atomic mass is 10.0. The predicted octanol–water partition coefficient (Wildman–Crippen LogP) is 4.63. The minimum Gasteiger partial charge on any atom is -0.497 e. The molecule has 0 unspecified atom stereocenters. The van der Waals surface area contributed by atoms with Crippen LogP contribution in [0.5, 0.6) is 17.4 Å². The molecule has 5 heteroatoms. The van der Waals surface area contributed by atoms with Crippen molar-refractivity contribution in [2.45, 2.75) is 19.5 Å². The highest BCUT2D eigenvalue weighted by Gasteiger charge is 2.10. The maximum Gasteiger partial charge on any atom is 0.212 e. The van der Waals surface area contributed by atoms with E-state index in [9.17, 15) is 0 Å². The Morgan fingerprint density at radius 1 is 0.929 bits per heavy atom. The first kappa shape index (κ1) is 19.7. The fraction of sp³-hybridized carbons (Fsp3) is 0.261. The van der Waals surface area contributed by atoms with E-state index in [4.69, 9.17) is 14.2 Å². The third kappa shape index (κ3) is 4.61. The number of pyridine rings is 1. The van der Waals surface area contributed by atoms with Crippen molar-refractivity contribution in [1.82, 2.24) is 10.3 Å². The first-order chi connectivity index (χ1) is 13.6. The average molecular weight is 378 g/mol. The largest absolute Gasteiger partial charge is 0.497 e. The molecule has 0 saturated carbocycles. The van der Waals surface area contributed by atoms with Gasteiger partial charge in [0.15, 0.2) is 0 Å². The van der Waals surface area contributed by atoms with Crippen LogP contribution in [0, 0.1) is 0 Å². The molecule has 3 aromatic rings. The summed E-state index contributed by atoms with van der Waals surface area (Å²) in [7, 11) is 4.97. The molecule has 3 rings (SSSR count). The van der Waals surface area contributed by atoms with E-state index in [1.165, 1.54) is 11.1 Å². The van der Waals surface area contributed by atoms with Crippen molar-refractivity contribution in [1.29, 1.82) is 0 Å². The lowest BCUT2D eigenvalue weighted by Crippen LogP contribution is -2.18. The van der Waals surface area contributed by atoms with Crippen molar-refractivity contribution in [3.63, 3.8) is 0 Å². The van der Waals surface area contributed by atoms with E-state index in [1.807, 2.05) is 30.3 Å². The van der Waals surface area contributed by atoms with Gasteiger partial charge in [0.25, 0.3) is 0 Å². The lowest BCUT2D eigenvalue weighted by Gasteiger charge is -2.16. The Bertz CT molecular complexity index is 910. The van der Waals surface area contributed by atoms with E-state index in [-0.39, 0.29) is 6.04 Å². The van der Waals surface area contributed by atoms with Crippen LogP contribution in [-0.4, -0.2) is 26.3 Å². The summed E-state index contributed by atoms with van der Waals surface area (Å²) in [6.45, 7) is 2.88. The molecule has 1 N–H and O–H groups in total. The van der Waals surface area contributed by atoms with Crippen molar-refractivity contribution in [3.05, 3.63) is 71.9 Å². The number of ether oxygens (including phenoxy) is 3. The number of hydrogen-bond acceptors (Lipinski definition) is 5. The van der Waals surface area contributed by atoms with Gasteiger partial charge >= 0.3 is 0 Å². The van der Waals surface area contributed by atoms with Gasteiger partial charge in [-0.2, -0.15) is 0 Å². The summed E-state index contributed by atoms with van der Waals surface area (Å²) in [5, 5.41) is 3.57. The summed E-state index contributed by atoms with van der Waals surface area (Å²) < 4.78 is 16.0. The van der Waals surface area contributed by atoms with Crippen LogP contribution in [0.15, 0.2) is 60.8 Å². The molecule has 28 heavy (non-hydrogen) atoms. The van der Waals surface area contributed by atoms with Crippen LogP contribution in [-0.2, 0) is 6.54 Å². The molecule has 0 aliphatic heterocycles. The molecule has 0 aliphatic carbocycles. The minimum atomic E-state index is 0.198. The van der Waals surface area contributed by atoms with Crippen LogP contribution in [0.3, 0.4) is 0 Å². The van der Waals surface area contributed by atoms with Gasteiger partial charge in [0.05, 0.1) is 21.3 Å². The van der Waals surface area contributed by atoms with Gasteiger partial charge < -0.3 is 19.5 Å². The molecule has 146 valence electrons. The minimum absolute atomic E-state index is 0.198. The van der Waals surface area contributed by atoms with E-state index in [1.54, 1.807) is 27.5 Å². The topological polar surface area (TPSA) is 52.6 Å². The zero-order valence-electron chi connectivity index (χ0n) is 16.7. The highest BCUT2D eigenvalue weighted by molar-refractivity contribution is 5.70. The van der Waals surface area contributed by atoms with Gasteiger partial charge in [0.1, 0.15) is 11.5 Å². The average Bonchev–Trinajstić information content (AvgIpc) is 2.77. The van der Waals surface area contributed by atoms with Crippen molar-refractivity contribution in [3.8, 4) is 28.5 Å². The standard InChI is InChI=1S/C23H26N2O3/c1-16(18-6-5-7-20(13-18)26-2)24-14-17-8-10-22(27-3)21(12-17)19-9-11-23(28-4)25-15-19/h5-13,15-16,24H,14H2,1-4H3/t16-/m1/s1. The first-order valence-corrected chi connectivity index (χ1v) is 9.19. The number of rotatable bonds is 8. The maximum atomic E-state index is 5.54. The van der Waals surface area contributed by atoms with Crippen molar-refractivity contribution >= 4 is 0 Å². The van der Waals surface area contributed by atoms with E-state index in [2.05, 4.69) is 41.5 Å². The Labute approximate surface area is 166 Å².